The van der Waals surface area contributed by atoms with E-state index in [1.807, 2.05) is 6.92 Å². The van der Waals surface area contributed by atoms with Crippen LogP contribution in [0.15, 0.2) is 0 Å². The Kier molecular flexibility index (Phi) is 6.07. The Hall–Kier alpha value is -0.410. The summed E-state index contributed by atoms with van der Waals surface area (Å²) in [6.45, 7) is 1.69. The molecule has 0 rings (SSSR count). The standard InChI is InChI=1S/C8H16O3/c1-2-3-7(10)4-5-8(11)6-9/h8-9,11H,2-6H2,1H3. The molecule has 0 spiro atoms. The third-order valence-electron chi connectivity index (χ3n) is 1.50. The first-order valence-electron chi connectivity index (χ1n) is 4.01. The van der Waals surface area contributed by atoms with Crippen molar-refractivity contribution in [2.75, 3.05) is 6.61 Å². The average Bonchev–Trinajstić information content (AvgIpc) is 2.01. The number of carbonyl (C=O) groups excluding carboxylic acids is 1. The van der Waals surface area contributed by atoms with E-state index in [1.165, 1.54) is 0 Å². The summed E-state index contributed by atoms with van der Waals surface area (Å²) in [5.74, 6) is 0.167. The number of carbonyl (C=O) groups is 1. The predicted octanol–water partition coefficient (Wildman–Crippen LogP) is 0.489. The number of ketones is 1. The fraction of sp³-hybridized carbons (Fsp3) is 0.875. The van der Waals surface area contributed by atoms with Gasteiger partial charge in [0.1, 0.15) is 5.78 Å². The topological polar surface area (TPSA) is 57.5 Å². The van der Waals surface area contributed by atoms with Crippen LogP contribution in [0.2, 0.25) is 0 Å². The first kappa shape index (κ1) is 10.6. The third-order valence-corrected chi connectivity index (χ3v) is 1.50. The lowest BCUT2D eigenvalue weighted by Crippen LogP contribution is -2.13. The quantitative estimate of drug-likeness (QED) is 0.594. The van der Waals surface area contributed by atoms with E-state index < -0.39 is 6.10 Å². The van der Waals surface area contributed by atoms with Crippen molar-refractivity contribution in [2.45, 2.75) is 38.7 Å². The first-order valence-corrected chi connectivity index (χ1v) is 4.01. The SMILES string of the molecule is CCCC(=O)CCC(O)CO. The average molecular weight is 160 g/mol. The molecule has 11 heavy (non-hydrogen) atoms. The molecule has 0 fully saturated rings. The molecule has 0 saturated heterocycles. The smallest absolute Gasteiger partial charge is 0.133 e. The van der Waals surface area contributed by atoms with Crippen LogP contribution in [-0.2, 0) is 4.79 Å². The Morgan fingerprint density at radius 2 is 2.09 bits per heavy atom. The molecular formula is C8H16O3. The molecular weight excluding hydrogens is 144 g/mol. The Balaban J connectivity index is 3.30. The van der Waals surface area contributed by atoms with E-state index in [9.17, 15) is 4.79 Å². The van der Waals surface area contributed by atoms with E-state index in [1.54, 1.807) is 0 Å². The highest BCUT2D eigenvalue weighted by atomic mass is 16.3. The fourth-order valence-corrected chi connectivity index (χ4v) is 0.823. The number of aliphatic hydroxyl groups is 2. The maximum Gasteiger partial charge on any atom is 0.133 e. The highest BCUT2D eigenvalue weighted by Gasteiger charge is 2.05. The highest BCUT2D eigenvalue weighted by Crippen LogP contribution is 2.01. The van der Waals surface area contributed by atoms with E-state index in [0.717, 1.165) is 6.42 Å². The Morgan fingerprint density at radius 1 is 1.45 bits per heavy atom. The van der Waals surface area contributed by atoms with Crippen LogP contribution in [0, 0.1) is 0 Å². The number of rotatable bonds is 6. The van der Waals surface area contributed by atoms with Crippen LogP contribution < -0.4 is 0 Å². The molecule has 0 amide bonds. The summed E-state index contributed by atoms with van der Waals surface area (Å²) in [6.07, 6.45) is 1.48. The van der Waals surface area contributed by atoms with E-state index in [4.69, 9.17) is 10.2 Å². The lowest BCUT2D eigenvalue weighted by molar-refractivity contribution is -0.119. The summed E-state index contributed by atoms with van der Waals surface area (Å²) in [5.41, 5.74) is 0. The molecule has 0 bridgehead atoms. The molecule has 0 saturated carbocycles. The van der Waals surface area contributed by atoms with Crippen LogP contribution in [-0.4, -0.2) is 28.7 Å². The molecule has 0 aliphatic heterocycles. The largest absolute Gasteiger partial charge is 0.394 e. The zero-order valence-corrected chi connectivity index (χ0v) is 6.92. The molecule has 66 valence electrons. The van der Waals surface area contributed by atoms with Crippen LogP contribution in [0.3, 0.4) is 0 Å². The molecule has 2 N–H and O–H groups in total. The molecule has 3 nitrogen and oxygen atoms in total. The van der Waals surface area contributed by atoms with Crippen molar-refractivity contribution in [1.82, 2.24) is 0 Å². The van der Waals surface area contributed by atoms with Gasteiger partial charge < -0.3 is 10.2 Å². The fourth-order valence-electron chi connectivity index (χ4n) is 0.823. The second kappa shape index (κ2) is 6.31. The number of Topliss-reactive ketones (excluding diaryl/α,β-unsaturated/α-hetero) is 1. The third kappa shape index (κ3) is 6.01. The zero-order valence-electron chi connectivity index (χ0n) is 6.92. The van der Waals surface area contributed by atoms with Crippen LogP contribution in [0.5, 0.6) is 0 Å². The summed E-state index contributed by atoms with van der Waals surface area (Å²) in [5, 5.41) is 17.3. The van der Waals surface area contributed by atoms with Gasteiger partial charge in [0.25, 0.3) is 0 Å². The molecule has 1 unspecified atom stereocenters. The van der Waals surface area contributed by atoms with Gasteiger partial charge in [0.05, 0.1) is 12.7 Å². The van der Waals surface area contributed by atoms with Crippen molar-refractivity contribution in [2.24, 2.45) is 0 Å². The summed E-state index contributed by atoms with van der Waals surface area (Å²) in [7, 11) is 0. The summed E-state index contributed by atoms with van der Waals surface area (Å²) < 4.78 is 0. The Labute approximate surface area is 67.0 Å². The van der Waals surface area contributed by atoms with Gasteiger partial charge in [-0.25, -0.2) is 0 Å². The minimum Gasteiger partial charge on any atom is -0.394 e. The van der Waals surface area contributed by atoms with Crippen molar-refractivity contribution >= 4 is 5.78 Å². The molecule has 1 atom stereocenters. The van der Waals surface area contributed by atoms with Gasteiger partial charge in [-0.3, -0.25) is 4.79 Å². The van der Waals surface area contributed by atoms with Gasteiger partial charge in [0.2, 0.25) is 0 Å². The summed E-state index contributed by atoms with van der Waals surface area (Å²) in [6, 6.07) is 0. The normalized spacial score (nSPS) is 13.0. The van der Waals surface area contributed by atoms with Crippen LogP contribution in [0.1, 0.15) is 32.6 Å². The molecule has 0 aliphatic rings. The van der Waals surface area contributed by atoms with Gasteiger partial charge in [-0.15, -0.1) is 0 Å². The second-order valence-corrected chi connectivity index (χ2v) is 2.66. The Morgan fingerprint density at radius 3 is 2.55 bits per heavy atom. The van der Waals surface area contributed by atoms with Gasteiger partial charge >= 0.3 is 0 Å². The van der Waals surface area contributed by atoms with Gasteiger partial charge in [0, 0.05) is 12.8 Å². The molecule has 0 aliphatic carbocycles. The van der Waals surface area contributed by atoms with Gasteiger partial charge in [-0.1, -0.05) is 6.92 Å². The van der Waals surface area contributed by atoms with Crippen molar-refractivity contribution in [3.63, 3.8) is 0 Å². The van der Waals surface area contributed by atoms with Crippen molar-refractivity contribution < 1.29 is 15.0 Å². The van der Waals surface area contributed by atoms with E-state index in [0.29, 0.717) is 19.3 Å². The molecule has 3 heteroatoms. The van der Waals surface area contributed by atoms with Gasteiger partial charge in [-0.2, -0.15) is 0 Å². The number of hydrogen-bond acceptors (Lipinski definition) is 3. The maximum atomic E-state index is 10.9. The highest BCUT2D eigenvalue weighted by molar-refractivity contribution is 5.78. The summed E-state index contributed by atoms with van der Waals surface area (Å²) >= 11 is 0. The van der Waals surface area contributed by atoms with E-state index >= 15 is 0 Å². The second-order valence-electron chi connectivity index (χ2n) is 2.66. The lowest BCUT2D eigenvalue weighted by atomic mass is 10.1. The zero-order chi connectivity index (χ0) is 8.69. The maximum absolute atomic E-state index is 10.9. The Bertz CT molecular complexity index is 112. The molecule has 0 radical (unpaired) electrons. The molecule has 0 aromatic carbocycles. The van der Waals surface area contributed by atoms with Gasteiger partial charge in [0.15, 0.2) is 0 Å². The molecule has 0 aromatic rings. The molecule has 0 heterocycles. The molecule has 0 aromatic heterocycles. The van der Waals surface area contributed by atoms with Crippen LogP contribution in [0.4, 0.5) is 0 Å². The minimum atomic E-state index is -0.726. The number of hydrogen-bond donors (Lipinski definition) is 2. The predicted molar refractivity (Wildman–Crippen MR) is 42.2 cm³/mol. The monoisotopic (exact) mass is 160 g/mol. The van der Waals surface area contributed by atoms with Crippen molar-refractivity contribution in [1.29, 1.82) is 0 Å². The van der Waals surface area contributed by atoms with Crippen LogP contribution >= 0.6 is 0 Å². The van der Waals surface area contributed by atoms with Crippen molar-refractivity contribution in [3.05, 3.63) is 0 Å². The minimum absolute atomic E-state index is 0.167. The van der Waals surface area contributed by atoms with E-state index in [2.05, 4.69) is 0 Å². The van der Waals surface area contributed by atoms with Crippen LogP contribution in [0.25, 0.3) is 0 Å². The lowest BCUT2D eigenvalue weighted by Gasteiger charge is -2.04. The number of aliphatic hydroxyl groups excluding tert-OH is 2. The first-order chi connectivity index (χ1) is 5.20. The summed E-state index contributed by atoms with van der Waals surface area (Å²) in [4.78, 5) is 10.9. The van der Waals surface area contributed by atoms with Crippen molar-refractivity contribution in [3.8, 4) is 0 Å². The van der Waals surface area contributed by atoms with Gasteiger partial charge in [-0.05, 0) is 12.8 Å². The van der Waals surface area contributed by atoms with E-state index in [-0.39, 0.29) is 12.4 Å².